The van der Waals surface area contributed by atoms with E-state index in [1.54, 1.807) is 11.3 Å². The van der Waals surface area contributed by atoms with Gasteiger partial charge in [-0.2, -0.15) is 0 Å². The summed E-state index contributed by atoms with van der Waals surface area (Å²) in [6.45, 7) is 0. The van der Waals surface area contributed by atoms with Crippen molar-refractivity contribution in [2.45, 2.75) is 24.7 Å². The van der Waals surface area contributed by atoms with Crippen LogP contribution in [0.3, 0.4) is 0 Å². The monoisotopic (exact) mass is 215 g/mol. The number of hydrogen-bond acceptors (Lipinski definition) is 2. The molecule has 1 aromatic heterocycles. The van der Waals surface area contributed by atoms with Crippen molar-refractivity contribution >= 4 is 11.3 Å². The smallest absolute Gasteiger partial charge is 0.103 e. The molecular weight excluding hydrogens is 202 g/mol. The Labute approximate surface area is 93.8 Å². The molecule has 0 saturated heterocycles. The molecule has 3 rings (SSSR count). The number of aromatic nitrogens is 1. The van der Waals surface area contributed by atoms with Crippen LogP contribution in [-0.4, -0.2) is 4.98 Å². The van der Waals surface area contributed by atoms with Gasteiger partial charge in [0, 0.05) is 17.0 Å². The molecule has 1 aliphatic carbocycles. The van der Waals surface area contributed by atoms with Gasteiger partial charge in [0.2, 0.25) is 0 Å². The predicted molar refractivity (Wildman–Crippen MR) is 63.2 cm³/mol. The maximum atomic E-state index is 4.51. The lowest BCUT2D eigenvalue weighted by Crippen LogP contribution is -2.35. The van der Waals surface area contributed by atoms with Gasteiger partial charge in [-0.1, -0.05) is 36.8 Å². The van der Waals surface area contributed by atoms with Crippen molar-refractivity contribution in [3.05, 3.63) is 52.5 Å². The highest BCUT2D eigenvalue weighted by atomic mass is 32.1. The summed E-state index contributed by atoms with van der Waals surface area (Å²) in [6, 6.07) is 10.8. The number of thiazole rings is 1. The van der Waals surface area contributed by atoms with Crippen molar-refractivity contribution in [1.29, 1.82) is 0 Å². The van der Waals surface area contributed by atoms with Gasteiger partial charge in [-0.05, 0) is 18.4 Å². The zero-order valence-electron chi connectivity index (χ0n) is 8.52. The Morgan fingerprint density at radius 2 is 1.93 bits per heavy atom. The maximum Gasteiger partial charge on any atom is 0.103 e. The molecule has 0 bridgehead atoms. The molecule has 2 aromatic rings. The minimum atomic E-state index is 0.245. The fraction of sp³-hybridized carbons (Fsp3) is 0.308. The highest BCUT2D eigenvalue weighted by Gasteiger charge is 2.42. The molecule has 1 aromatic carbocycles. The van der Waals surface area contributed by atoms with E-state index in [1.807, 2.05) is 6.20 Å². The summed E-state index contributed by atoms with van der Waals surface area (Å²) in [4.78, 5) is 4.51. The van der Waals surface area contributed by atoms with Crippen molar-refractivity contribution < 1.29 is 0 Å². The zero-order valence-corrected chi connectivity index (χ0v) is 9.33. The van der Waals surface area contributed by atoms with Gasteiger partial charge in [0.05, 0.1) is 0 Å². The van der Waals surface area contributed by atoms with Crippen molar-refractivity contribution in [2.24, 2.45) is 0 Å². The van der Waals surface area contributed by atoms with Crippen LogP contribution in [0.15, 0.2) is 41.9 Å². The highest BCUT2D eigenvalue weighted by Crippen LogP contribution is 2.49. The van der Waals surface area contributed by atoms with Crippen LogP contribution in [0, 0.1) is 0 Å². The minimum Gasteiger partial charge on any atom is -0.249 e. The summed E-state index contributed by atoms with van der Waals surface area (Å²) in [5.74, 6) is 0. The molecule has 1 nitrogen and oxygen atoms in total. The van der Waals surface area contributed by atoms with Gasteiger partial charge in [-0.3, -0.25) is 0 Å². The van der Waals surface area contributed by atoms with E-state index in [0.717, 1.165) is 0 Å². The van der Waals surface area contributed by atoms with E-state index < -0.39 is 0 Å². The van der Waals surface area contributed by atoms with E-state index in [-0.39, 0.29) is 5.41 Å². The molecular formula is C13H13NS. The topological polar surface area (TPSA) is 12.9 Å². The molecule has 76 valence electrons. The summed E-state index contributed by atoms with van der Waals surface area (Å²) < 4.78 is 0. The Morgan fingerprint density at radius 1 is 1.13 bits per heavy atom. The van der Waals surface area contributed by atoms with Gasteiger partial charge in [-0.25, -0.2) is 4.98 Å². The minimum absolute atomic E-state index is 0.245. The van der Waals surface area contributed by atoms with Crippen LogP contribution in [0.4, 0.5) is 0 Å². The molecule has 0 N–H and O–H groups in total. The Hall–Kier alpha value is -1.15. The van der Waals surface area contributed by atoms with Crippen LogP contribution in [0.1, 0.15) is 29.8 Å². The quantitative estimate of drug-likeness (QED) is 0.745. The molecule has 0 spiro atoms. The molecule has 0 atom stereocenters. The first-order valence-corrected chi connectivity index (χ1v) is 6.25. The number of rotatable bonds is 2. The number of hydrogen-bond donors (Lipinski definition) is 0. The predicted octanol–water partition coefficient (Wildman–Crippen LogP) is 3.61. The van der Waals surface area contributed by atoms with Crippen LogP contribution in [0.5, 0.6) is 0 Å². The van der Waals surface area contributed by atoms with Gasteiger partial charge in [0.15, 0.2) is 0 Å². The van der Waals surface area contributed by atoms with E-state index in [2.05, 4.69) is 40.7 Å². The Kier molecular flexibility index (Phi) is 2.10. The second-order valence-corrected chi connectivity index (χ2v) is 5.03. The van der Waals surface area contributed by atoms with Crippen molar-refractivity contribution in [3.63, 3.8) is 0 Å². The van der Waals surface area contributed by atoms with Crippen LogP contribution in [-0.2, 0) is 5.41 Å². The van der Waals surface area contributed by atoms with E-state index in [4.69, 9.17) is 0 Å². The summed E-state index contributed by atoms with van der Waals surface area (Å²) in [5.41, 5.74) is 1.68. The molecule has 1 heterocycles. The molecule has 1 saturated carbocycles. The third-order valence-corrected chi connectivity index (χ3v) is 4.35. The maximum absolute atomic E-state index is 4.51. The third-order valence-electron chi connectivity index (χ3n) is 3.38. The van der Waals surface area contributed by atoms with E-state index in [9.17, 15) is 0 Å². The van der Waals surface area contributed by atoms with E-state index in [1.165, 1.54) is 29.8 Å². The first-order valence-electron chi connectivity index (χ1n) is 5.37. The van der Waals surface area contributed by atoms with Crippen LogP contribution in [0.2, 0.25) is 0 Å². The van der Waals surface area contributed by atoms with Gasteiger partial charge < -0.3 is 0 Å². The molecule has 0 unspecified atom stereocenters. The van der Waals surface area contributed by atoms with Crippen molar-refractivity contribution in [2.75, 3.05) is 0 Å². The summed E-state index contributed by atoms with van der Waals surface area (Å²) in [5, 5.41) is 3.37. The summed E-state index contributed by atoms with van der Waals surface area (Å²) >= 11 is 1.79. The Bertz CT molecular complexity index is 429. The van der Waals surface area contributed by atoms with E-state index >= 15 is 0 Å². The average Bonchev–Trinajstić information content (AvgIpc) is 2.72. The largest absolute Gasteiger partial charge is 0.249 e. The van der Waals surface area contributed by atoms with Crippen molar-refractivity contribution in [1.82, 2.24) is 4.98 Å². The fourth-order valence-electron chi connectivity index (χ4n) is 2.37. The Morgan fingerprint density at radius 3 is 2.47 bits per heavy atom. The normalized spacial score (nSPS) is 18.4. The standard InChI is InChI=1S/C13H13NS/c1-2-5-11(6-3-1)13(7-4-8-13)12-14-9-10-15-12/h1-3,5-6,9-10H,4,7-8H2. The molecule has 1 fully saturated rings. The molecule has 0 aliphatic heterocycles. The lowest BCUT2D eigenvalue weighted by molar-refractivity contribution is 0.300. The lowest BCUT2D eigenvalue weighted by Gasteiger charge is -2.40. The molecule has 1 aliphatic rings. The number of nitrogens with zero attached hydrogens (tertiary/aromatic N) is 1. The molecule has 0 radical (unpaired) electrons. The summed E-state index contributed by atoms with van der Waals surface area (Å²) in [7, 11) is 0. The third kappa shape index (κ3) is 1.32. The lowest BCUT2D eigenvalue weighted by atomic mass is 9.65. The van der Waals surface area contributed by atoms with Gasteiger partial charge in [-0.15, -0.1) is 11.3 Å². The fourth-order valence-corrected chi connectivity index (χ4v) is 3.29. The van der Waals surface area contributed by atoms with E-state index in [0.29, 0.717) is 0 Å². The van der Waals surface area contributed by atoms with Crippen LogP contribution in [0.25, 0.3) is 0 Å². The van der Waals surface area contributed by atoms with Crippen LogP contribution >= 0.6 is 11.3 Å². The molecule has 15 heavy (non-hydrogen) atoms. The number of benzene rings is 1. The SMILES string of the molecule is c1ccc(C2(c3nccs3)CCC2)cc1. The highest BCUT2D eigenvalue weighted by molar-refractivity contribution is 7.09. The van der Waals surface area contributed by atoms with Gasteiger partial charge in [0.1, 0.15) is 5.01 Å². The zero-order chi connectivity index (χ0) is 10.1. The second kappa shape index (κ2) is 3.46. The first-order chi connectivity index (χ1) is 7.42. The van der Waals surface area contributed by atoms with Gasteiger partial charge >= 0.3 is 0 Å². The van der Waals surface area contributed by atoms with Crippen LogP contribution < -0.4 is 0 Å². The Balaban J connectivity index is 2.08. The molecule has 2 heteroatoms. The molecule has 0 amide bonds. The first kappa shape index (κ1) is 9.10. The average molecular weight is 215 g/mol. The van der Waals surface area contributed by atoms with Gasteiger partial charge in [0.25, 0.3) is 0 Å². The summed E-state index contributed by atoms with van der Waals surface area (Å²) in [6.07, 6.45) is 5.76. The second-order valence-electron chi connectivity index (χ2n) is 4.14. The van der Waals surface area contributed by atoms with Crippen molar-refractivity contribution in [3.8, 4) is 0 Å².